The molecule has 0 aliphatic carbocycles. The van der Waals surface area contributed by atoms with Crippen molar-refractivity contribution in [2.24, 2.45) is 11.8 Å². The van der Waals surface area contributed by atoms with Gasteiger partial charge in [0.2, 0.25) is 11.8 Å². The van der Waals surface area contributed by atoms with E-state index in [1.807, 2.05) is 52.0 Å². The number of ether oxygens (including phenoxy) is 4. The average Bonchev–Trinajstić information content (AvgIpc) is 4.16. The molecule has 63 heavy (non-hydrogen) atoms. The minimum atomic E-state index is -0.702. The smallest absolute Gasteiger partial charge is 0.407 e. The van der Waals surface area contributed by atoms with Crippen LogP contribution in [0.2, 0.25) is 0 Å². The summed E-state index contributed by atoms with van der Waals surface area (Å²) in [6, 6.07) is 14.6. The average molecular weight is 879 g/mol. The SMILES string of the molecule is COC(=O)N[C@H](C(=O)N1CCC[C@H]1c1ncc(-c2ccc(-c3sc(-c4ccc(-c5cnc([C@@H]6CCCN6C(=O)[C@@H](NC(=O)OC)C(C)C)[nH]5)cc4)c4c3OCCO4)cc2)[nH]1)C(C)C. The molecule has 3 aliphatic heterocycles. The summed E-state index contributed by atoms with van der Waals surface area (Å²) in [5.41, 5.74) is 5.55. The lowest BCUT2D eigenvalue weighted by Gasteiger charge is -2.30. The quantitative estimate of drug-likeness (QED) is 0.0965. The number of imidazole rings is 2. The van der Waals surface area contributed by atoms with E-state index in [1.165, 1.54) is 14.2 Å². The standard InChI is InChI=1S/C46H54N8O8S/c1-25(2)35(51-45(57)59-5)43(55)53-19-7-9-33(53)41-47-23-31(49-41)27-11-15-29(16-12-27)39-37-38(62-22-21-61-37)40(63-39)30-17-13-28(14-18-30)32-24-48-42(50-32)34-10-8-20-54(34)44(56)36(26(3)4)52-46(58)60-6/h11-18,23-26,33-36H,7-10,19-22H2,1-6H3,(H,47,49)(H,48,50)(H,51,57)(H,52,58)/t33-,34-,35-,36-/m0/s1. The highest BCUT2D eigenvalue weighted by molar-refractivity contribution is 7.19. The number of methoxy groups -OCH3 is 2. The molecule has 2 aromatic carbocycles. The molecule has 8 rings (SSSR count). The summed E-state index contributed by atoms with van der Waals surface area (Å²) < 4.78 is 22.0. The van der Waals surface area contributed by atoms with Crippen LogP contribution in [0.4, 0.5) is 9.59 Å². The third-order valence-electron chi connectivity index (χ3n) is 12.0. The second kappa shape index (κ2) is 18.5. The van der Waals surface area contributed by atoms with E-state index < -0.39 is 24.3 Å². The van der Waals surface area contributed by atoms with Crippen molar-refractivity contribution in [3.63, 3.8) is 0 Å². The molecule has 4 amide bonds. The molecular formula is C46H54N8O8S. The van der Waals surface area contributed by atoms with E-state index in [-0.39, 0.29) is 35.7 Å². The Morgan fingerprint density at radius 2 is 1.03 bits per heavy atom. The van der Waals surface area contributed by atoms with Crippen LogP contribution in [0.15, 0.2) is 60.9 Å². The number of fused-ring (bicyclic) bond motifs is 1. The van der Waals surface area contributed by atoms with Crippen LogP contribution < -0.4 is 20.1 Å². The minimum Gasteiger partial charge on any atom is -0.485 e. The van der Waals surface area contributed by atoms with Crippen LogP contribution in [0.3, 0.4) is 0 Å². The molecule has 0 spiro atoms. The van der Waals surface area contributed by atoms with E-state index >= 15 is 0 Å². The van der Waals surface area contributed by atoms with Gasteiger partial charge in [-0.1, -0.05) is 76.2 Å². The Kier molecular flexibility index (Phi) is 12.7. The number of alkyl carbamates (subject to hydrolysis) is 2. The van der Waals surface area contributed by atoms with Gasteiger partial charge < -0.3 is 49.3 Å². The molecule has 3 aromatic heterocycles. The van der Waals surface area contributed by atoms with E-state index in [0.717, 1.165) is 80.6 Å². The molecule has 0 radical (unpaired) electrons. The summed E-state index contributed by atoms with van der Waals surface area (Å²) in [7, 11) is 2.58. The third-order valence-corrected chi connectivity index (χ3v) is 13.2. The van der Waals surface area contributed by atoms with Gasteiger partial charge in [0, 0.05) is 13.1 Å². The van der Waals surface area contributed by atoms with Crippen molar-refractivity contribution >= 4 is 35.3 Å². The molecule has 3 aliphatic rings. The topological polar surface area (TPSA) is 193 Å². The van der Waals surface area contributed by atoms with Gasteiger partial charge in [0.1, 0.15) is 36.9 Å². The van der Waals surface area contributed by atoms with Crippen molar-refractivity contribution < 1.29 is 38.1 Å². The van der Waals surface area contributed by atoms with Crippen molar-refractivity contribution in [2.45, 2.75) is 77.5 Å². The Balaban J connectivity index is 0.972. The number of thiophene rings is 1. The van der Waals surface area contributed by atoms with Gasteiger partial charge in [0.25, 0.3) is 0 Å². The Bertz CT molecular complexity index is 2280. The summed E-state index contributed by atoms with van der Waals surface area (Å²) >= 11 is 1.62. The molecule has 2 saturated heterocycles. The number of carbonyl (C=O) groups is 4. The van der Waals surface area contributed by atoms with Gasteiger partial charge in [-0.05, 0) is 59.8 Å². The third kappa shape index (κ3) is 8.83. The molecule has 332 valence electrons. The lowest BCUT2D eigenvalue weighted by Crippen LogP contribution is -2.51. The highest BCUT2D eigenvalue weighted by Gasteiger charge is 2.39. The number of likely N-dealkylation sites (tertiary alicyclic amines) is 2. The number of nitrogens with one attached hydrogen (secondary N) is 4. The lowest BCUT2D eigenvalue weighted by atomic mass is 10.0. The Labute approximate surface area is 370 Å². The summed E-state index contributed by atoms with van der Waals surface area (Å²) in [5, 5.41) is 5.41. The number of benzene rings is 2. The number of nitrogens with zero attached hydrogens (tertiary/aromatic N) is 4. The number of rotatable bonds is 12. The van der Waals surface area contributed by atoms with Gasteiger partial charge in [-0.3, -0.25) is 9.59 Å². The molecule has 16 nitrogen and oxygen atoms in total. The molecule has 0 unspecified atom stereocenters. The molecule has 4 atom stereocenters. The number of carbonyl (C=O) groups excluding carboxylic acids is 4. The first-order valence-corrected chi connectivity index (χ1v) is 22.3. The zero-order valence-corrected chi connectivity index (χ0v) is 37.2. The van der Waals surface area contributed by atoms with Crippen LogP contribution in [-0.4, -0.2) is 106 Å². The first kappa shape index (κ1) is 43.3. The summed E-state index contributed by atoms with van der Waals surface area (Å²) in [6.45, 7) is 9.66. The molecule has 5 aromatic rings. The molecule has 2 fully saturated rings. The number of H-pyrrole nitrogens is 2. The van der Waals surface area contributed by atoms with Gasteiger partial charge in [-0.25, -0.2) is 19.6 Å². The maximum Gasteiger partial charge on any atom is 0.407 e. The number of aromatic nitrogens is 4. The number of hydrogen-bond donors (Lipinski definition) is 4. The maximum absolute atomic E-state index is 13.6. The van der Waals surface area contributed by atoms with Crippen LogP contribution in [0, 0.1) is 11.8 Å². The molecule has 17 heteroatoms. The van der Waals surface area contributed by atoms with Crippen molar-refractivity contribution in [3.05, 3.63) is 72.6 Å². The predicted molar refractivity (Wildman–Crippen MR) is 237 cm³/mol. The van der Waals surface area contributed by atoms with E-state index in [0.29, 0.717) is 38.0 Å². The predicted octanol–water partition coefficient (Wildman–Crippen LogP) is 7.72. The Morgan fingerprint density at radius 1 is 0.651 bits per heavy atom. The van der Waals surface area contributed by atoms with Crippen LogP contribution in [-0.2, 0) is 19.1 Å². The molecule has 6 heterocycles. The zero-order chi connectivity index (χ0) is 44.4. The normalized spacial score (nSPS) is 18.1. The highest BCUT2D eigenvalue weighted by Crippen LogP contribution is 2.53. The number of hydrogen-bond acceptors (Lipinski definition) is 11. The van der Waals surface area contributed by atoms with Gasteiger partial charge in [-0.2, -0.15) is 0 Å². The van der Waals surface area contributed by atoms with Crippen molar-refractivity contribution in [1.29, 1.82) is 0 Å². The number of aromatic amines is 2. The van der Waals surface area contributed by atoms with E-state index in [1.54, 1.807) is 33.5 Å². The van der Waals surface area contributed by atoms with Crippen LogP contribution >= 0.6 is 11.3 Å². The van der Waals surface area contributed by atoms with Crippen LogP contribution in [0.5, 0.6) is 11.5 Å². The second-order valence-corrected chi connectivity index (χ2v) is 17.7. The lowest BCUT2D eigenvalue weighted by molar-refractivity contribution is -0.136. The fourth-order valence-electron chi connectivity index (χ4n) is 8.62. The molecule has 0 saturated carbocycles. The summed E-state index contributed by atoms with van der Waals surface area (Å²) in [4.78, 5) is 73.2. The van der Waals surface area contributed by atoms with Crippen molar-refractivity contribution in [3.8, 4) is 54.9 Å². The largest absolute Gasteiger partial charge is 0.485 e. The molecule has 4 N–H and O–H groups in total. The van der Waals surface area contributed by atoms with Gasteiger partial charge in [0.05, 0.1) is 59.8 Å². The number of amides is 4. The van der Waals surface area contributed by atoms with Gasteiger partial charge in [0.15, 0.2) is 11.5 Å². The summed E-state index contributed by atoms with van der Waals surface area (Å²) in [5.74, 6) is 2.34. The molecule has 0 bridgehead atoms. The zero-order valence-electron chi connectivity index (χ0n) is 36.4. The van der Waals surface area contributed by atoms with Gasteiger partial charge >= 0.3 is 12.2 Å². The minimum absolute atomic E-state index is 0.118. The molecular weight excluding hydrogens is 825 g/mol. The first-order valence-electron chi connectivity index (χ1n) is 21.5. The first-order chi connectivity index (χ1) is 30.4. The van der Waals surface area contributed by atoms with Crippen molar-refractivity contribution in [1.82, 2.24) is 40.4 Å². The highest BCUT2D eigenvalue weighted by atomic mass is 32.1. The van der Waals surface area contributed by atoms with E-state index in [2.05, 4.69) is 44.9 Å². The Morgan fingerprint density at radius 3 is 1.40 bits per heavy atom. The van der Waals surface area contributed by atoms with Crippen LogP contribution in [0.1, 0.15) is 77.1 Å². The van der Waals surface area contributed by atoms with E-state index in [4.69, 9.17) is 28.9 Å². The monoisotopic (exact) mass is 878 g/mol. The van der Waals surface area contributed by atoms with E-state index in [9.17, 15) is 19.2 Å². The Hall–Kier alpha value is -6.36. The maximum atomic E-state index is 13.6. The van der Waals surface area contributed by atoms with Crippen LogP contribution in [0.25, 0.3) is 43.4 Å². The second-order valence-electron chi connectivity index (χ2n) is 16.7. The fraction of sp³-hybridized carbons (Fsp3) is 0.435. The van der Waals surface area contributed by atoms with Gasteiger partial charge in [-0.15, -0.1) is 11.3 Å². The summed E-state index contributed by atoms with van der Waals surface area (Å²) in [6.07, 6.45) is 5.54. The van der Waals surface area contributed by atoms with Crippen molar-refractivity contribution in [2.75, 3.05) is 40.5 Å². The fourth-order valence-corrected chi connectivity index (χ4v) is 9.82.